The third kappa shape index (κ3) is 7.16. The Hall–Kier alpha value is -5.08. The van der Waals surface area contributed by atoms with Crippen molar-refractivity contribution < 1.29 is 23.8 Å². The van der Waals surface area contributed by atoms with Gasteiger partial charge in [-0.25, -0.2) is 5.43 Å². The van der Waals surface area contributed by atoms with E-state index >= 15 is 0 Å². The highest BCUT2D eigenvalue weighted by atomic mass is 35.5. The zero-order valence-corrected chi connectivity index (χ0v) is 23.3. The molecule has 0 bridgehead atoms. The predicted octanol–water partition coefficient (Wildman–Crippen LogP) is 6.21. The molecule has 1 heterocycles. The molecule has 0 atom stereocenters. The third-order valence-corrected chi connectivity index (χ3v) is 6.97. The first-order valence-electron chi connectivity index (χ1n) is 13.3. The zero-order chi connectivity index (χ0) is 29.3. The average molecular weight is 582 g/mol. The van der Waals surface area contributed by atoms with Crippen LogP contribution in [0.1, 0.15) is 27.0 Å². The largest absolute Gasteiger partial charge is 0.506 e. The molecule has 0 aliphatic heterocycles. The van der Waals surface area contributed by atoms with Crippen molar-refractivity contribution in [2.75, 3.05) is 13.2 Å². The fourth-order valence-electron chi connectivity index (χ4n) is 4.44. The van der Waals surface area contributed by atoms with Crippen LogP contribution in [0.4, 0.5) is 0 Å². The molecule has 4 aromatic carbocycles. The molecule has 2 amide bonds. The zero-order valence-electron chi connectivity index (χ0n) is 22.6. The number of phenols is 1. The van der Waals surface area contributed by atoms with E-state index < -0.39 is 5.91 Å². The molecule has 0 aliphatic rings. The SMILES string of the molecule is O=C(NN=Cc1ccc(OCC(=O)N(CCc2ccccc2)Cc2ccoc2)c2ccccc12)c1ccc(O)c(Cl)c1. The summed E-state index contributed by atoms with van der Waals surface area (Å²) in [6, 6.07) is 27.2. The van der Waals surface area contributed by atoms with Crippen LogP contribution in [0.5, 0.6) is 11.5 Å². The number of carbonyl (C=O) groups is 2. The van der Waals surface area contributed by atoms with Gasteiger partial charge in [-0.1, -0.05) is 66.2 Å². The number of ether oxygens (including phenoxy) is 1. The normalized spacial score (nSPS) is 11.1. The Labute approximate surface area is 247 Å². The lowest BCUT2D eigenvalue weighted by Crippen LogP contribution is -2.36. The van der Waals surface area contributed by atoms with Crippen molar-refractivity contribution in [3.8, 4) is 11.5 Å². The maximum Gasteiger partial charge on any atom is 0.271 e. The van der Waals surface area contributed by atoms with Crippen LogP contribution >= 0.6 is 11.6 Å². The molecule has 2 N–H and O–H groups in total. The second-order valence-corrected chi connectivity index (χ2v) is 9.94. The van der Waals surface area contributed by atoms with Crippen molar-refractivity contribution in [3.05, 3.63) is 131 Å². The molecule has 0 aliphatic carbocycles. The van der Waals surface area contributed by atoms with Crippen molar-refractivity contribution in [3.63, 3.8) is 0 Å². The molecule has 9 heteroatoms. The molecule has 0 fully saturated rings. The summed E-state index contributed by atoms with van der Waals surface area (Å²) in [5.74, 6) is -0.155. The Morgan fingerprint density at radius 3 is 2.50 bits per heavy atom. The lowest BCUT2D eigenvalue weighted by atomic mass is 10.0. The average Bonchev–Trinajstić information content (AvgIpc) is 3.53. The van der Waals surface area contributed by atoms with Gasteiger partial charge in [-0.05, 0) is 53.8 Å². The minimum atomic E-state index is -0.469. The molecular weight excluding hydrogens is 554 g/mol. The number of carbonyl (C=O) groups excluding carboxylic acids is 2. The van der Waals surface area contributed by atoms with E-state index in [1.54, 1.807) is 23.5 Å². The van der Waals surface area contributed by atoms with E-state index in [1.807, 2.05) is 66.7 Å². The maximum absolute atomic E-state index is 13.3. The molecule has 0 saturated carbocycles. The summed E-state index contributed by atoms with van der Waals surface area (Å²) in [6.45, 7) is 0.828. The van der Waals surface area contributed by atoms with Gasteiger partial charge in [-0.3, -0.25) is 9.59 Å². The number of aromatic hydroxyl groups is 1. The van der Waals surface area contributed by atoms with E-state index in [1.165, 1.54) is 24.4 Å². The van der Waals surface area contributed by atoms with E-state index in [-0.39, 0.29) is 28.8 Å². The van der Waals surface area contributed by atoms with Crippen LogP contribution in [0.25, 0.3) is 10.8 Å². The Morgan fingerprint density at radius 2 is 1.74 bits per heavy atom. The number of hydrogen-bond acceptors (Lipinski definition) is 6. The number of nitrogens with one attached hydrogen (secondary N) is 1. The van der Waals surface area contributed by atoms with Crippen molar-refractivity contribution in [2.45, 2.75) is 13.0 Å². The molecule has 5 rings (SSSR count). The van der Waals surface area contributed by atoms with Crippen LogP contribution in [0, 0.1) is 0 Å². The van der Waals surface area contributed by atoms with Gasteiger partial charge >= 0.3 is 0 Å². The van der Waals surface area contributed by atoms with Gasteiger partial charge in [0.05, 0.1) is 23.8 Å². The summed E-state index contributed by atoms with van der Waals surface area (Å²) in [6.07, 6.45) is 5.49. The second-order valence-electron chi connectivity index (χ2n) is 9.53. The molecule has 8 nitrogen and oxygen atoms in total. The first kappa shape index (κ1) is 28.4. The Kier molecular flexibility index (Phi) is 9.16. The number of hydrazone groups is 1. The number of benzene rings is 4. The van der Waals surface area contributed by atoms with Gasteiger partial charge in [-0.15, -0.1) is 0 Å². The molecule has 1 aromatic heterocycles. The number of halogens is 1. The molecule has 42 heavy (non-hydrogen) atoms. The van der Waals surface area contributed by atoms with E-state index in [4.69, 9.17) is 20.8 Å². The standard InChI is InChI=1S/C33H28ClN3O5/c34-29-18-25(10-12-30(29)38)33(40)36-35-19-26-11-13-31(28-9-5-4-8-27(26)28)42-22-32(39)37(20-24-15-17-41-21-24)16-14-23-6-2-1-3-7-23/h1-13,15,17-19,21,38H,14,16,20,22H2,(H,36,40). The summed E-state index contributed by atoms with van der Waals surface area (Å²) in [5.41, 5.74) is 5.54. The monoisotopic (exact) mass is 581 g/mol. The van der Waals surface area contributed by atoms with Crippen LogP contribution in [0.15, 0.2) is 113 Å². The Morgan fingerprint density at radius 1 is 0.952 bits per heavy atom. The van der Waals surface area contributed by atoms with Crippen molar-refractivity contribution in [1.29, 1.82) is 0 Å². The van der Waals surface area contributed by atoms with Gasteiger partial charge in [0.2, 0.25) is 0 Å². The number of fused-ring (bicyclic) bond motifs is 1. The summed E-state index contributed by atoms with van der Waals surface area (Å²) in [7, 11) is 0. The Balaban J connectivity index is 1.27. The summed E-state index contributed by atoms with van der Waals surface area (Å²) >= 11 is 5.90. The lowest BCUT2D eigenvalue weighted by molar-refractivity contribution is -0.134. The predicted molar refractivity (Wildman–Crippen MR) is 162 cm³/mol. The number of hydrogen-bond donors (Lipinski definition) is 2. The number of rotatable bonds is 11. The van der Waals surface area contributed by atoms with Crippen molar-refractivity contribution in [2.24, 2.45) is 5.10 Å². The van der Waals surface area contributed by atoms with Crippen LogP contribution in [0.3, 0.4) is 0 Å². The number of furan rings is 1. The van der Waals surface area contributed by atoms with E-state index in [0.717, 1.165) is 33.9 Å². The quantitative estimate of drug-likeness (QED) is 0.143. The number of nitrogens with zero attached hydrogens (tertiary/aromatic N) is 2. The molecule has 212 valence electrons. The van der Waals surface area contributed by atoms with Gasteiger partial charge in [0.25, 0.3) is 11.8 Å². The highest BCUT2D eigenvalue weighted by Gasteiger charge is 2.17. The summed E-state index contributed by atoms with van der Waals surface area (Å²) in [4.78, 5) is 27.5. The lowest BCUT2D eigenvalue weighted by Gasteiger charge is -2.22. The minimum Gasteiger partial charge on any atom is -0.506 e. The van der Waals surface area contributed by atoms with Gasteiger partial charge in [0.15, 0.2) is 6.61 Å². The van der Waals surface area contributed by atoms with Crippen molar-refractivity contribution in [1.82, 2.24) is 10.3 Å². The fourth-order valence-corrected chi connectivity index (χ4v) is 4.62. The van der Waals surface area contributed by atoms with Crippen LogP contribution in [0.2, 0.25) is 5.02 Å². The van der Waals surface area contributed by atoms with E-state index in [9.17, 15) is 14.7 Å². The highest BCUT2D eigenvalue weighted by molar-refractivity contribution is 6.32. The number of phenolic OH excluding ortho intramolecular Hbond substituents is 1. The molecule has 0 unspecified atom stereocenters. The van der Waals surface area contributed by atoms with Crippen LogP contribution in [-0.4, -0.2) is 41.2 Å². The molecule has 0 radical (unpaired) electrons. The smallest absolute Gasteiger partial charge is 0.271 e. The van der Waals surface area contributed by atoms with Gasteiger partial charge in [0, 0.05) is 35.2 Å². The molecule has 0 spiro atoms. The van der Waals surface area contributed by atoms with E-state index in [0.29, 0.717) is 18.8 Å². The van der Waals surface area contributed by atoms with Gasteiger partial charge in [0.1, 0.15) is 11.5 Å². The first-order valence-corrected chi connectivity index (χ1v) is 13.6. The Bertz CT molecular complexity index is 1700. The molecule has 0 saturated heterocycles. The summed E-state index contributed by atoms with van der Waals surface area (Å²) in [5, 5.41) is 15.4. The van der Waals surface area contributed by atoms with Crippen LogP contribution in [-0.2, 0) is 17.8 Å². The van der Waals surface area contributed by atoms with E-state index in [2.05, 4.69) is 10.5 Å². The molecule has 5 aromatic rings. The minimum absolute atomic E-state index is 0.0764. The van der Waals surface area contributed by atoms with Gasteiger partial charge < -0.3 is 19.2 Å². The van der Waals surface area contributed by atoms with Crippen molar-refractivity contribution >= 4 is 40.4 Å². The third-order valence-electron chi connectivity index (χ3n) is 6.67. The van der Waals surface area contributed by atoms with Gasteiger partial charge in [-0.2, -0.15) is 5.10 Å². The van der Waals surface area contributed by atoms with Crippen LogP contribution < -0.4 is 10.2 Å². The second kappa shape index (κ2) is 13.5. The maximum atomic E-state index is 13.3. The fraction of sp³-hybridized carbons (Fsp3) is 0.121. The topological polar surface area (TPSA) is 104 Å². The summed E-state index contributed by atoms with van der Waals surface area (Å²) < 4.78 is 11.2. The first-order chi connectivity index (χ1) is 20.5. The molecular formula is C33H28ClN3O5. The number of amides is 2. The highest BCUT2D eigenvalue weighted by Crippen LogP contribution is 2.28.